The maximum atomic E-state index is 12.3. The van der Waals surface area contributed by atoms with Crippen molar-refractivity contribution in [1.82, 2.24) is 0 Å². The van der Waals surface area contributed by atoms with E-state index in [0.29, 0.717) is 0 Å². The maximum absolute atomic E-state index is 12.3. The highest BCUT2D eigenvalue weighted by molar-refractivity contribution is 5.83. The van der Waals surface area contributed by atoms with Gasteiger partial charge in [0, 0.05) is 5.41 Å². The highest BCUT2D eigenvalue weighted by atomic mass is 16.8. The molecule has 0 aromatic heterocycles. The van der Waals surface area contributed by atoms with Crippen LogP contribution in [0.5, 0.6) is 0 Å². The van der Waals surface area contributed by atoms with Crippen molar-refractivity contribution in [2.24, 2.45) is 5.41 Å². The topological polar surface area (TPSA) is 35.5 Å². The summed E-state index contributed by atoms with van der Waals surface area (Å²) < 4.78 is 11.3. The molecule has 0 bridgehead atoms. The summed E-state index contributed by atoms with van der Waals surface area (Å²) in [7, 11) is 0. The number of hydrogen-bond donors (Lipinski definition) is 0. The number of cyclic esters (lactones) is 1. The number of ether oxygens (including phenoxy) is 2. The largest absolute Gasteiger partial charge is 0.433 e. The molecule has 1 heterocycles. The smallest absolute Gasteiger partial charge is 0.346 e. The van der Waals surface area contributed by atoms with Gasteiger partial charge in [-0.1, -0.05) is 51.1 Å². The molecule has 3 heteroatoms. The minimum absolute atomic E-state index is 0.169. The van der Waals surface area contributed by atoms with E-state index in [1.165, 1.54) is 0 Å². The molecule has 3 nitrogen and oxygen atoms in total. The summed E-state index contributed by atoms with van der Waals surface area (Å²) in [6.45, 7) is 5.88. The standard InChI is InChI=1S/C16H18O3/c1-5-11-16(12-9-7-6-8-10-12)13(17)18-14(19-16)15(2,3)4/h1,6-10,14H,11H2,2-4H3/t14-,16+/m1/s1. The van der Waals surface area contributed by atoms with Crippen LogP contribution in [0.15, 0.2) is 30.3 Å². The van der Waals surface area contributed by atoms with E-state index in [4.69, 9.17) is 15.9 Å². The van der Waals surface area contributed by atoms with Crippen molar-refractivity contribution in [3.63, 3.8) is 0 Å². The Kier molecular flexibility index (Phi) is 3.38. The molecule has 0 N–H and O–H groups in total. The van der Waals surface area contributed by atoms with Gasteiger partial charge < -0.3 is 9.47 Å². The molecular weight excluding hydrogens is 240 g/mol. The van der Waals surface area contributed by atoms with E-state index in [-0.39, 0.29) is 11.8 Å². The lowest BCUT2D eigenvalue weighted by atomic mass is 9.90. The number of benzene rings is 1. The number of rotatable bonds is 2. The van der Waals surface area contributed by atoms with Gasteiger partial charge in [0.2, 0.25) is 11.9 Å². The molecule has 0 spiro atoms. The second-order valence-corrected chi connectivity index (χ2v) is 5.80. The van der Waals surface area contributed by atoms with Crippen LogP contribution < -0.4 is 0 Å². The summed E-state index contributed by atoms with van der Waals surface area (Å²) in [5.74, 6) is 2.12. The third-order valence-corrected chi connectivity index (χ3v) is 3.15. The summed E-state index contributed by atoms with van der Waals surface area (Å²) in [6.07, 6.45) is 4.99. The predicted molar refractivity (Wildman–Crippen MR) is 72.0 cm³/mol. The highest BCUT2D eigenvalue weighted by Gasteiger charge is 2.54. The van der Waals surface area contributed by atoms with E-state index in [1.54, 1.807) is 0 Å². The minimum Gasteiger partial charge on any atom is -0.433 e. The summed E-state index contributed by atoms with van der Waals surface area (Å²) >= 11 is 0. The van der Waals surface area contributed by atoms with E-state index >= 15 is 0 Å². The van der Waals surface area contributed by atoms with E-state index < -0.39 is 17.9 Å². The fourth-order valence-electron chi connectivity index (χ4n) is 2.05. The Morgan fingerprint density at radius 1 is 1.32 bits per heavy atom. The molecule has 1 aromatic carbocycles. The second-order valence-electron chi connectivity index (χ2n) is 5.80. The fraction of sp³-hybridized carbons (Fsp3) is 0.438. The van der Waals surface area contributed by atoms with Gasteiger partial charge in [-0.25, -0.2) is 4.79 Å². The molecule has 0 saturated carbocycles. The lowest BCUT2D eigenvalue weighted by Gasteiger charge is -2.27. The predicted octanol–water partition coefficient (Wildman–Crippen LogP) is 2.85. The first-order chi connectivity index (χ1) is 8.90. The van der Waals surface area contributed by atoms with Gasteiger partial charge in [-0.2, -0.15) is 0 Å². The first-order valence-electron chi connectivity index (χ1n) is 6.28. The fourth-order valence-corrected chi connectivity index (χ4v) is 2.05. The van der Waals surface area contributed by atoms with Crippen molar-refractivity contribution in [1.29, 1.82) is 0 Å². The minimum atomic E-state index is -1.17. The number of carbonyl (C=O) groups excluding carboxylic acids is 1. The molecule has 1 aliphatic rings. The van der Waals surface area contributed by atoms with Crippen LogP contribution in [0.3, 0.4) is 0 Å². The monoisotopic (exact) mass is 258 g/mol. The van der Waals surface area contributed by atoms with Crippen LogP contribution in [0, 0.1) is 17.8 Å². The van der Waals surface area contributed by atoms with E-state index in [9.17, 15) is 4.79 Å². The number of esters is 1. The van der Waals surface area contributed by atoms with Crippen LogP contribution in [0.2, 0.25) is 0 Å². The van der Waals surface area contributed by atoms with Crippen LogP contribution in [0.1, 0.15) is 32.8 Å². The average Bonchev–Trinajstić information content (AvgIpc) is 2.70. The van der Waals surface area contributed by atoms with Crippen molar-refractivity contribution in [3.8, 4) is 12.3 Å². The van der Waals surface area contributed by atoms with Gasteiger partial charge in [0.25, 0.3) is 0 Å². The molecule has 0 aliphatic carbocycles. The zero-order chi connectivity index (χ0) is 14.1. The van der Waals surface area contributed by atoms with Crippen LogP contribution in [0.25, 0.3) is 0 Å². The zero-order valence-electron chi connectivity index (χ0n) is 11.5. The average molecular weight is 258 g/mol. The van der Waals surface area contributed by atoms with Crippen molar-refractivity contribution in [2.45, 2.75) is 39.1 Å². The highest BCUT2D eigenvalue weighted by Crippen LogP contribution is 2.42. The Morgan fingerprint density at radius 2 is 1.95 bits per heavy atom. The van der Waals surface area contributed by atoms with E-state index in [2.05, 4.69) is 5.92 Å². The normalized spacial score (nSPS) is 26.8. The summed E-state index contributed by atoms with van der Waals surface area (Å²) in [5, 5.41) is 0. The molecule has 19 heavy (non-hydrogen) atoms. The van der Waals surface area contributed by atoms with Gasteiger partial charge in [-0.05, 0) is 5.56 Å². The molecule has 1 aromatic rings. The molecule has 1 saturated heterocycles. The van der Waals surface area contributed by atoms with Crippen molar-refractivity contribution >= 4 is 5.97 Å². The first kappa shape index (κ1) is 13.6. The molecule has 2 rings (SSSR count). The van der Waals surface area contributed by atoms with Gasteiger partial charge in [-0.3, -0.25) is 0 Å². The van der Waals surface area contributed by atoms with Crippen molar-refractivity contribution < 1.29 is 14.3 Å². The van der Waals surface area contributed by atoms with Gasteiger partial charge in [0.1, 0.15) is 0 Å². The van der Waals surface area contributed by atoms with Gasteiger partial charge in [0.05, 0.1) is 6.42 Å². The quantitative estimate of drug-likeness (QED) is 0.604. The zero-order valence-corrected chi connectivity index (χ0v) is 11.5. The number of hydrogen-bond acceptors (Lipinski definition) is 3. The van der Waals surface area contributed by atoms with Gasteiger partial charge in [-0.15, -0.1) is 12.3 Å². The lowest BCUT2D eigenvalue weighted by Crippen LogP contribution is -2.34. The molecule has 0 radical (unpaired) electrons. The summed E-state index contributed by atoms with van der Waals surface area (Å²) in [6, 6.07) is 9.27. The number of carbonyl (C=O) groups is 1. The molecule has 100 valence electrons. The Balaban J connectivity index is 2.42. The van der Waals surface area contributed by atoms with Gasteiger partial charge >= 0.3 is 5.97 Å². The Morgan fingerprint density at radius 3 is 2.42 bits per heavy atom. The molecule has 0 amide bonds. The Bertz CT molecular complexity index is 507. The van der Waals surface area contributed by atoms with E-state index in [0.717, 1.165) is 5.56 Å². The SMILES string of the molecule is C#CC[C@@]1(c2ccccc2)O[C@H](C(C)(C)C)OC1=O. The Labute approximate surface area is 113 Å². The first-order valence-corrected chi connectivity index (χ1v) is 6.28. The maximum Gasteiger partial charge on any atom is 0.346 e. The third-order valence-electron chi connectivity index (χ3n) is 3.15. The molecular formula is C16H18O3. The van der Waals surface area contributed by atoms with Crippen LogP contribution in [-0.2, 0) is 19.9 Å². The molecule has 2 atom stereocenters. The third kappa shape index (κ3) is 2.36. The van der Waals surface area contributed by atoms with Crippen LogP contribution >= 0.6 is 0 Å². The van der Waals surface area contributed by atoms with Gasteiger partial charge in [0.15, 0.2) is 0 Å². The number of terminal acetylenes is 1. The van der Waals surface area contributed by atoms with Crippen LogP contribution in [-0.4, -0.2) is 12.3 Å². The van der Waals surface area contributed by atoms with Crippen molar-refractivity contribution in [2.75, 3.05) is 0 Å². The summed E-state index contributed by atoms with van der Waals surface area (Å²) in [5.41, 5.74) is -0.723. The van der Waals surface area contributed by atoms with E-state index in [1.807, 2.05) is 51.1 Å². The lowest BCUT2D eigenvalue weighted by molar-refractivity contribution is -0.156. The second kappa shape index (κ2) is 4.71. The van der Waals surface area contributed by atoms with Crippen LogP contribution in [0.4, 0.5) is 0 Å². The molecule has 1 aliphatic heterocycles. The molecule has 0 unspecified atom stereocenters. The summed E-state index contributed by atoms with van der Waals surface area (Å²) in [4.78, 5) is 12.3. The Hall–Kier alpha value is -1.79. The van der Waals surface area contributed by atoms with Crippen molar-refractivity contribution in [3.05, 3.63) is 35.9 Å². The molecule has 1 fully saturated rings.